The van der Waals surface area contributed by atoms with Crippen LogP contribution in [-0.4, -0.2) is 90.7 Å². The predicted octanol–water partition coefficient (Wildman–Crippen LogP) is 5.54. The number of fused-ring (bicyclic) bond motifs is 3. The number of carbonyl (C=O) groups excluding carboxylic acids is 2. The van der Waals surface area contributed by atoms with Gasteiger partial charge in [0.05, 0.1) is 26.4 Å². The molecule has 8 atom stereocenters. The first-order valence-corrected chi connectivity index (χ1v) is 19.7. The lowest BCUT2D eigenvalue weighted by Gasteiger charge is -2.62. The highest BCUT2D eigenvalue weighted by Crippen LogP contribution is 2.61. The maximum absolute atomic E-state index is 14.3. The van der Waals surface area contributed by atoms with Crippen LogP contribution in [0.1, 0.15) is 62.0 Å². The summed E-state index contributed by atoms with van der Waals surface area (Å²) >= 11 is 0. The average Bonchev–Trinajstić information content (AvgIpc) is 3.76. The van der Waals surface area contributed by atoms with E-state index >= 15 is 0 Å². The van der Waals surface area contributed by atoms with Crippen LogP contribution in [0.25, 0.3) is 22.0 Å². The van der Waals surface area contributed by atoms with Gasteiger partial charge in [-0.3, -0.25) is 14.4 Å². The molecule has 1 aromatic heterocycles. The number of nitrogens with zero attached hydrogens (tertiary/aromatic N) is 2. The van der Waals surface area contributed by atoms with Crippen molar-refractivity contribution in [3.05, 3.63) is 83.6 Å². The van der Waals surface area contributed by atoms with Crippen LogP contribution in [0.4, 0.5) is 5.69 Å². The standard InChI is InChI=1S/C44H57N5O6/c1-25-35-20-31(44(35,3)4)21-37(25)47-43(53)40-39(26(2)51)38(24-50)55-49(40)23-28-11-10-13-34(41(28)54-7)29-17-30(19-32(18-29)48(5)6)42(52)45-16-15-27-22-46-36-14-9-8-12-33(27)36/h8-14,17-19,22,25-26,31,35,37-40,46,50-51H,15-16,20-21,23-24H2,1-7H3,(H,45,52)(H,47,53)/t25-,26-,31+,35-,37-,38-,39+,40-/m0/s1. The van der Waals surface area contributed by atoms with Crippen molar-refractivity contribution in [3.63, 3.8) is 0 Å². The Morgan fingerprint density at radius 3 is 2.56 bits per heavy atom. The number of aromatic nitrogens is 1. The Balaban J connectivity index is 1.13. The number of hydroxylamine groups is 2. The van der Waals surface area contributed by atoms with Crippen molar-refractivity contribution < 1.29 is 29.4 Å². The van der Waals surface area contributed by atoms with Gasteiger partial charge in [0.25, 0.3) is 5.91 Å². The van der Waals surface area contributed by atoms with Gasteiger partial charge < -0.3 is 35.5 Å². The number of hydrogen-bond donors (Lipinski definition) is 5. The Morgan fingerprint density at radius 2 is 1.87 bits per heavy atom. The molecule has 0 spiro atoms. The fourth-order valence-electron chi connectivity index (χ4n) is 9.74. The molecule has 3 aromatic carbocycles. The quantitative estimate of drug-likeness (QED) is 0.120. The lowest BCUT2D eigenvalue weighted by molar-refractivity contribution is -0.183. The van der Waals surface area contributed by atoms with E-state index in [9.17, 15) is 19.8 Å². The summed E-state index contributed by atoms with van der Waals surface area (Å²) in [6, 6.07) is 18.9. The fraction of sp³-hybridized carbons (Fsp3) is 0.500. The molecule has 1 aliphatic heterocycles. The van der Waals surface area contributed by atoms with Crippen molar-refractivity contribution in [2.75, 3.05) is 39.3 Å². The lowest BCUT2D eigenvalue weighted by atomic mass is 9.45. The minimum Gasteiger partial charge on any atom is -0.496 e. The first-order chi connectivity index (χ1) is 26.3. The summed E-state index contributed by atoms with van der Waals surface area (Å²) in [5.74, 6) is 1.02. The van der Waals surface area contributed by atoms with E-state index in [0.717, 1.165) is 45.3 Å². The van der Waals surface area contributed by atoms with Crippen LogP contribution in [0.2, 0.25) is 0 Å². The van der Waals surface area contributed by atoms with Crippen LogP contribution in [-0.2, 0) is 22.6 Å². The third kappa shape index (κ3) is 7.35. The molecule has 11 heteroatoms. The van der Waals surface area contributed by atoms with Crippen molar-refractivity contribution in [1.82, 2.24) is 20.7 Å². The number of ether oxygens (including phenoxy) is 1. The van der Waals surface area contributed by atoms with Crippen LogP contribution >= 0.6 is 0 Å². The van der Waals surface area contributed by atoms with E-state index in [0.29, 0.717) is 42.0 Å². The number of para-hydroxylation sites is 2. The van der Waals surface area contributed by atoms with E-state index in [2.05, 4.69) is 42.5 Å². The van der Waals surface area contributed by atoms with Gasteiger partial charge in [-0.05, 0) is 84.7 Å². The normalized spacial score (nSPS) is 26.3. The van der Waals surface area contributed by atoms with Gasteiger partial charge in [0.1, 0.15) is 17.9 Å². The van der Waals surface area contributed by atoms with Crippen LogP contribution in [0, 0.1) is 29.1 Å². The Labute approximate surface area is 324 Å². The summed E-state index contributed by atoms with van der Waals surface area (Å²) in [5, 5.41) is 30.5. The van der Waals surface area contributed by atoms with Gasteiger partial charge in [-0.2, -0.15) is 5.06 Å². The predicted molar refractivity (Wildman–Crippen MR) is 215 cm³/mol. The van der Waals surface area contributed by atoms with E-state index in [1.165, 1.54) is 6.42 Å². The van der Waals surface area contributed by atoms with Gasteiger partial charge in [0.15, 0.2) is 0 Å². The molecule has 1 saturated heterocycles. The van der Waals surface area contributed by atoms with Crippen LogP contribution in [0.3, 0.4) is 0 Å². The first-order valence-electron chi connectivity index (χ1n) is 19.7. The van der Waals surface area contributed by atoms with E-state index in [1.54, 1.807) is 19.1 Å². The Bertz CT molecular complexity index is 2020. The zero-order chi connectivity index (χ0) is 39.2. The summed E-state index contributed by atoms with van der Waals surface area (Å²) < 4.78 is 6.08. The number of H-pyrrole nitrogens is 1. The van der Waals surface area contributed by atoms with Gasteiger partial charge in [0, 0.05) is 72.1 Å². The first kappa shape index (κ1) is 38.8. The number of carbonyl (C=O) groups is 2. The monoisotopic (exact) mass is 751 g/mol. The van der Waals surface area contributed by atoms with Gasteiger partial charge in [-0.15, -0.1) is 0 Å². The zero-order valence-electron chi connectivity index (χ0n) is 33.1. The van der Waals surface area contributed by atoms with Crippen molar-refractivity contribution in [3.8, 4) is 16.9 Å². The van der Waals surface area contributed by atoms with Crippen molar-refractivity contribution >= 4 is 28.4 Å². The summed E-state index contributed by atoms with van der Waals surface area (Å²) in [7, 11) is 5.49. The minimum absolute atomic E-state index is 0.0377. The molecule has 2 bridgehead atoms. The largest absolute Gasteiger partial charge is 0.496 e. The highest BCUT2D eigenvalue weighted by molar-refractivity contribution is 5.97. The summed E-state index contributed by atoms with van der Waals surface area (Å²) in [4.78, 5) is 39.4. The highest BCUT2D eigenvalue weighted by Gasteiger charge is 2.57. The molecule has 55 heavy (non-hydrogen) atoms. The zero-order valence-corrected chi connectivity index (χ0v) is 33.1. The van der Waals surface area contributed by atoms with Crippen LogP contribution in [0.5, 0.6) is 5.75 Å². The minimum atomic E-state index is -0.900. The molecule has 5 N–H and O–H groups in total. The second kappa shape index (κ2) is 15.6. The molecule has 2 amide bonds. The molecular formula is C44H57N5O6. The Morgan fingerprint density at radius 1 is 1.09 bits per heavy atom. The molecule has 294 valence electrons. The second-order valence-electron chi connectivity index (χ2n) is 16.8. The maximum atomic E-state index is 14.3. The molecule has 4 aliphatic rings. The molecule has 0 unspecified atom stereocenters. The number of methoxy groups -OCH3 is 1. The van der Waals surface area contributed by atoms with Gasteiger partial charge in [-0.1, -0.05) is 57.2 Å². The molecular weight excluding hydrogens is 695 g/mol. The van der Waals surface area contributed by atoms with Crippen LogP contribution in [0.15, 0.2) is 66.9 Å². The van der Waals surface area contributed by atoms with E-state index in [4.69, 9.17) is 9.57 Å². The van der Waals surface area contributed by atoms with Crippen molar-refractivity contribution in [2.24, 2.45) is 29.1 Å². The number of benzene rings is 3. The number of hydrogen-bond acceptors (Lipinski definition) is 8. The van der Waals surface area contributed by atoms with E-state index in [-0.39, 0.29) is 36.4 Å². The highest BCUT2D eigenvalue weighted by atomic mass is 16.7. The van der Waals surface area contributed by atoms with Crippen molar-refractivity contribution in [2.45, 2.75) is 77.8 Å². The molecule has 4 aromatic rings. The summed E-state index contributed by atoms with van der Waals surface area (Å²) in [6.45, 7) is 8.87. The molecule has 2 heterocycles. The average molecular weight is 752 g/mol. The maximum Gasteiger partial charge on any atom is 0.251 e. The van der Waals surface area contributed by atoms with Crippen LogP contribution < -0.4 is 20.3 Å². The topological polar surface area (TPSA) is 139 Å². The Hall–Kier alpha value is -4.42. The SMILES string of the molecule is COc1c(CN2O[C@@H](CO)[C@@H]([C@H](C)O)[C@H]2C(=O)N[C@H]2C[C@H]3C[C@@H]([C@@H]2C)C3(C)C)cccc1-c1cc(C(=O)NCCc2c[nH]c3ccccc23)cc(N(C)C)c1. The van der Waals surface area contributed by atoms with E-state index in [1.807, 2.05) is 79.8 Å². The van der Waals surface area contributed by atoms with Gasteiger partial charge in [-0.25, -0.2) is 0 Å². The van der Waals surface area contributed by atoms with Gasteiger partial charge >= 0.3 is 0 Å². The van der Waals surface area contributed by atoms with Gasteiger partial charge in [0.2, 0.25) is 5.91 Å². The third-order valence-corrected chi connectivity index (χ3v) is 13.1. The molecule has 4 fully saturated rings. The molecule has 3 aliphatic carbocycles. The van der Waals surface area contributed by atoms with Crippen molar-refractivity contribution in [1.29, 1.82) is 0 Å². The summed E-state index contributed by atoms with van der Waals surface area (Å²) in [5.41, 5.74) is 6.22. The number of aromatic amines is 1. The number of amides is 2. The molecule has 8 rings (SSSR count). The Kier molecular flexibility index (Phi) is 11.0. The number of aliphatic hydroxyl groups excluding tert-OH is 2. The van der Waals surface area contributed by atoms with E-state index < -0.39 is 24.2 Å². The number of anilines is 1. The fourth-order valence-corrected chi connectivity index (χ4v) is 9.74. The third-order valence-electron chi connectivity index (χ3n) is 13.1. The number of aliphatic hydroxyl groups is 2. The second-order valence-corrected chi connectivity index (χ2v) is 16.8. The summed E-state index contributed by atoms with van der Waals surface area (Å²) in [6.07, 6.45) is 3.16. The lowest BCUT2D eigenvalue weighted by Crippen LogP contribution is -2.62. The molecule has 3 saturated carbocycles. The smallest absolute Gasteiger partial charge is 0.251 e. The number of nitrogens with one attached hydrogen (secondary N) is 3. The number of rotatable bonds is 13. The molecule has 0 radical (unpaired) electrons. The molecule has 11 nitrogen and oxygen atoms in total.